The first-order chi connectivity index (χ1) is 8.58. The molecule has 0 radical (unpaired) electrons. The van der Waals surface area contributed by atoms with E-state index in [1.807, 2.05) is 14.1 Å². The molecule has 6 heteroatoms. The number of hydrogen-bond acceptors (Lipinski definition) is 5. The zero-order valence-electron chi connectivity index (χ0n) is 11.0. The summed E-state index contributed by atoms with van der Waals surface area (Å²) in [5.74, 6) is 0.678. The van der Waals surface area contributed by atoms with E-state index in [0.29, 0.717) is 12.3 Å². The Labute approximate surface area is 107 Å². The molecule has 0 spiro atoms. The maximum Gasteiger partial charge on any atom is 0.270 e. The second-order valence-electron chi connectivity index (χ2n) is 4.09. The summed E-state index contributed by atoms with van der Waals surface area (Å²) in [6.45, 7) is 2.35. The van der Waals surface area contributed by atoms with Crippen molar-refractivity contribution in [3.8, 4) is 5.75 Å². The second-order valence-corrected chi connectivity index (χ2v) is 4.09. The number of nitro benzene ring substituents is 1. The summed E-state index contributed by atoms with van der Waals surface area (Å²) in [5.41, 5.74) is 0.915. The summed E-state index contributed by atoms with van der Waals surface area (Å²) < 4.78 is 5.22. The highest BCUT2D eigenvalue weighted by molar-refractivity contribution is 5.43. The monoisotopic (exact) mass is 253 g/mol. The molecule has 1 aromatic carbocycles. The summed E-state index contributed by atoms with van der Waals surface area (Å²) in [4.78, 5) is 12.4. The summed E-state index contributed by atoms with van der Waals surface area (Å²) in [7, 11) is 5.43. The number of nitrogens with one attached hydrogen (secondary N) is 1. The van der Waals surface area contributed by atoms with Gasteiger partial charge in [0, 0.05) is 37.3 Å². The standard InChI is InChI=1S/C12H19N3O3/c1-13-6-7-14(2)9-10-8-11(15(16)17)4-5-12(10)18-3/h4-5,8,13H,6-7,9H2,1-3H3. The van der Waals surface area contributed by atoms with Crippen LogP contribution in [0.25, 0.3) is 0 Å². The van der Waals surface area contributed by atoms with Crippen molar-refractivity contribution in [2.24, 2.45) is 0 Å². The van der Waals surface area contributed by atoms with Gasteiger partial charge in [0.1, 0.15) is 5.75 Å². The molecular formula is C12H19N3O3. The number of nitro groups is 1. The molecule has 0 atom stereocenters. The Hall–Kier alpha value is -1.66. The predicted octanol–water partition coefficient (Wildman–Crippen LogP) is 1.25. The van der Waals surface area contributed by atoms with Crippen molar-refractivity contribution < 1.29 is 9.66 Å². The average molecular weight is 253 g/mol. The van der Waals surface area contributed by atoms with E-state index in [-0.39, 0.29) is 5.69 Å². The van der Waals surface area contributed by atoms with Crippen molar-refractivity contribution in [3.63, 3.8) is 0 Å². The molecule has 18 heavy (non-hydrogen) atoms. The second kappa shape index (κ2) is 6.93. The van der Waals surface area contributed by atoms with Crippen molar-refractivity contribution in [2.45, 2.75) is 6.54 Å². The highest BCUT2D eigenvalue weighted by Crippen LogP contribution is 2.24. The zero-order valence-corrected chi connectivity index (χ0v) is 11.0. The van der Waals surface area contributed by atoms with Gasteiger partial charge >= 0.3 is 0 Å². The Kier molecular flexibility index (Phi) is 5.54. The molecule has 100 valence electrons. The summed E-state index contributed by atoms with van der Waals surface area (Å²) >= 11 is 0. The first-order valence-electron chi connectivity index (χ1n) is 5.73. The van der Waals surface area contributed by atoms with Gasteiger partial charge in [-0.3, -0.25) is 10.1 Å². The van der Waals surface area contributed by atoms with E-state index in [1.54, 1.807) is 19.2 Å². The van der Waals surface area contributed by atoms with E-state index in [9.17, 15) is 10.1 Å². The summed E-state index contributed by atoms with van der Waals surface area (Å²) in [5, 5.41) is 13.8. The van der Waals surface area contributed by atoms with E-state index < -0.39 is 4.92 Å². The van der Waals surface area contributed by atoms with Gasteiger partial charge < -0.3 is 15.0 Å². The fraction of sp³-hybridized carbons (Fsp3) is 0.500. The number of methoxy groups -OCH3 is 1. The molecular weight excluding hydrogens is 234 g/mol. The maximum atomic E-state index is 10.8. The molecule has 0 unspecified atom stereocenters. The van der Waals surface area contributed by atoms with Crippen LogP contribution in [0.1, 0.15) is 5.56 Å². The number of non-ortho nitro benzene ring substituents is 1. The van der Waals surface area contributed by atoms with E-state index >= 15 is 0 Å². The maximum absolute atomic E-state index is 10.8. The van der Waals surface area contributed by atoms with Gasteiger partial charge in [0.2, 0.25) is 0 Å². The van der Waals surface area contributed by atoms with Crippen molar-refractivity contribution in [1.29, 1.82) is 0 Å². The molecule has 0 aliphatic heterocycles. The van der Waals surface area contributed by atoms with Gasteiger partial charge in [0.15, 0.2) is 0 Å². The van der Waals surface area contributed by atoms with Gasteiger partial charge in [0.05, 0.1) is 12.0 Å². The Morgan fingerprint density at radius 2 is 2.22 bits per heavy atom. The van der Waals surface area contributed by atoms with Crippen molar-refractivity contribution in [1.82, 2.24) is 10.2 Å². The third kappa shape index (κ3) is 3.97. The highest BCUT2D eigenvalue weighted by atomic mass is 16.6. The third-order valence-electron chi connectivity index (χ3n) is 2.66. The van der Waals surface area contributed by atoms with Gasteiger partial charge in [-0.15, -0.1) is 0 Å². The smallest absolute Gasteiger partial charge is 0.270 e. The summed E-state index contributed by atoms with van der Waals surface area (Å²) in [6.07, 6.45) is 0. The van der Waals surface area contributed by atoms with Crippen LogP contribution < -0.4 is 10.1 Å². The Morgan fingerprint density at radius 1 is 1.50 bits per heavy atom. The Morgan fingerprint density at radius 3 is 2.78 bits per heavy atom. The normalized spacial score (nSPS) is 10.7. The lowest BCUT2D eigenvalue weighted by atomic mass is 10.1. The number of ether oxygens (including phenoxy) is 1. The van der Waals surface area contributed by atoms with Crippen LogP contribution in [0.4, 0.5) is 5.69 Å². The molecule has 0 saturated heterocycles. The third-order valence-corrected chi connectivity index (χ3v) is 2.66. The largest absolute Gasteiger partial charge is 0.496 e. The van der Waals surface area contributed by atoms with E-state index in [4.69, 9.17) is 4.74 Å². The molecule has 0 bridgehead atoms. The molecule has 1 aromatic rings. The molecule has 6 nitrogen and oxygen atoms in total. The Balaban J connectivity index is 2.84. The number of rotatable bonds is 7. The molecule has 1 N–H and O–H groups in total. The van der Waals surface area contributed by atoms with E-state index in [0.717, 1.165) is 18.7 Å². The van der Waals surface area contributed by atoms with Crippen LogP contribution >= 0.6 is 0 Å². The zero-order chi connectivity index (χ0) is 13.5. The molecule has 1 rings (SSSR count). The van der Waals surface area contributed by atoms with Crippen LogP contribution in [0, 0.1) is 10.1 Å². The van der Waals surface area contributed by atoms with Crippen LogP contribution in [0.15, 0.2) is 18.2 Å². The van der Waals surface area contributed by atoms with E-state index in [2.05, 4.69) is 10.2 Å². The first kappa shape index (κ1) is 14.4. The lowest BCUT2D eigenvalue weighted by molar-refractivity contribution is -0.384. The molecule has 0 heterocycles. The van der Waals surface area contributed by atoms with Crippen LogP contribution in [0.3, 0.4) is 0 Å². The minimum Gasteiger partial charge on any atom is -0.496 e. The number of benzene rings is 1. The quantitative estimate of drug-likeness (QED) is 0.585. The van der Waals surface area contributed by atoms with Crippen LogP contribution in [0.2, 0.25) is 0 Å². The van der Waals surface area contributed by atoms with Gasteiger partial charge in [-0.25, -0.2) is 0 Å². The van der Waals surface area contributed by atoms with Gasteiger partial charge in [-0.2, -0.15) is 0 Å². The van der Waals surface area contributed by atoms with Crippen molar-refractivity contribution >= 4 is 5.69 Å². The molecule has 0 amide bonds. The number of likely N-dealkylation sites (N-methyl/N-ethyl adjacent to an activating group) is 2. The molecule has 0 saturated carbocycles. The molecule has 0 aliphatic rings. The lowest BCUT2D eigenvalue weighted by Crippen LogP contribution is -2.27. The van der Waals surface area contributed by atoms with Gasteiger partial charge in [-0.05, 0) is 20.2 Å². The topological polar surface area (TPSA) is 67.6 Å². The fourth-order valence-corrected chi connectivity index (χ4v) is 1.67. The minimum absolute atomic E-state index is 0.0906. The predicted molar refractivity (Wildman–Crippen MR) is 69.9 cm³/mol. The van der Waals surface area contributed by atoms with Crippen molar-refractivity contribution in [3.05, 3.63) is 33.9 Å². The SMILES string of the molecule is CNCCN(C)Cc1cc([N+](=O)[O-])ccc1OC. The molecule has 0 aromatic heterocycles. The summed E-state index contributed by atoms with van der Waals surface area (Å²) in [6, 6.07) is 4.66. The first-order valence-corrected chi connectivity index (χ1v) is 5.73. The number of hydrogen-bond donors (Lipinski definition) is 1. The number of nitrogens with zero attached hydrogens (tertiary/aromatic N) is 2. The Bertz CT molecular complexity index is 410. The van der Waals surface area contributed by atoms with E-state index in [1.165, 1.54) is 6.07 Å². The van der Waals surface area contributed by atoms with Gasteiger partial charge in [0.25, 0.3) is 5.69 Å². The highest BCUT2D eigenvalue weighted by Gasteiger charge is 2.12. The molecule has 0 fully saturated rings. The lowest BCUT2D eigenvalue weighted by Gasteiger charge is -2.17. The minimum atomic E-state index is -0.392. The average Bonchev–Trinajstić information content (AvgIpc) is 2.36. The fourth-order valence-electron chi connectivity index (χ4n) is 1.67. The van der Waals surface area contributed by atoms with Crippen LogP contribution in [0.5, 0.6) is 5.75 Å². The van der Waals surface area contributed by atoms with Gasteiger partial charge in [-0.1, -0.05) is 0 Å². The van der Waals surface area contributed by atoms with Crippen molar-refractivity contribution in [2.75, 3.05) is 34.3 Å². The van der Waals surface area contributed by atoms with Crippen LogP contribution in [-0.4, -0.2) is 44.1 Å². The van der Waals surface area contributed by atoms with Crippen LogP contribution in [-0.2, 0) is 6.54 Å². The molecule has 0 aliphatic carbocycles.